The van der Waals surface area contributed by atoms with E-state index in [1.807, 2.05) is 0 Å². The summed E-state index contributed by atoms with van der Waals surface area (Å²) in [6, 6.07) is 2.70. The SMILES string of the molecule is C1=C\CCC(N[PH](NC2CCCCC2)(NC2CCCCC2)NC2CCCCC2)CCC/1. The Kier molecular flexibility index (Phi) is 10.2. The van der Waals surface area contributed by atoms with Gasteiger partial charge in [0.15, 0.2) is 0 Å². The Morgan fingerprint density at radius 2 is 0.742 bits per heavy atom. The number of allylic oxidation sites excluding steroid dienone is 2. The molecule has 4 aliphatic rings. The van der Waals surface area contributed by atoms with Crippen molar-refractivity contribution in [2.45, 2.75) is 153 Å². The van der Waals surface area contributed by atoms with E-state index in [0.29, 0.717) is 24.2 Å². The fourth-order valence-corrected chi connectivity index (χ4v) is 10.6. The van der Waals surface area contributed by atoms with E-state index in [4.69, 9.17) is 0 Å². The molecule has 0 bridgehead atoms. The van der Waals surface area contributed by atoms with Gasteiger partial charge in [0.25, 0.3) is 0 Å². The summed E-state index contributed by atoms with van der Waals surface area (Å²) in [5, 5.41) is 17.4. The van der Waals surface area contributed by atoms with Gasteiger partial charge < -0.3 is 0 Å². The van der Waals surface area contributed by atoms with Crippen LogP contribution in [-0.2, 0) is 0 Å². The van der Waals surface area contributed by atoms with E-state index in [0.717, 1.165) is 0 Å². The van der Waals surface area contributed by atoms with Crippen molar-refractivity contribution in [2.75, 3.05) is 0 Å². The number of hydrogen-bond donors (Lipinski definition) is 4. The van der Waals surface area contributed by atoms with E-state index < -0.39 is 7.87 Å². The predicted octanol–water partition coefficient (Wildman–Crippen LogP) is 6.64. The van der Waals surface area contributed by atoms with Crippen molar-refractivity contribution in [1.29, 1.82) is 0 Å². The van der Waals surface area contributed by atoms with Crippen LogP contribution in [0.4, 0.5) is 0 Å². The molecule has 0 aromatic heterocycles. The molecule has 0 heterocycles. The minimum absolute atomic E-state index is 0.639. The van der Waals surface area contributed by atoms with Crippen molar-refractivity contribution in [2.24, 2.45) is 0 Å². The Hall–Kier alpha value is 0.0100. The topological polar surface area (TPSA) is 48.1 Å². The molecule has 0 aromatic rings. The Bertz CT molecular complexity index is 471. The fourth-order valence-electron chi connectivity index (χ4n) is 6.52. The van der Waals surface area contributed by atoms with Gasteiger partial charge >= 0.3 is 193 Å². The first kappa shape index (κ1) is 24.1. The minimum atomic E-state index is -2.21. The van der Waals surface area contributed by atoms with Crippen molar-refractivity contribution >= 4 is 7.87 Å². The van der Waals surface area contributed by atoms with Crippen LogP contribution in [0.2, 0.25) is 0 Å². The van der Waals surface area contributed by atoms with Gasteiger partial charge in [0.1, 0.15) is 0 Å². The maximum atomic E-state index is 4.35. The van der Waals surface area contributed by atoms with E-state index in [2.05, 4.69) is 32.5 Å². The van der Waals surface area contributed by atoms with Crippen LogP contribution in [0.5, 0.6) is 0 Å². The summed E-state index contributed by atoms with van der Waals surface area (Å²) in [5.74, 6) is 0. The maximum absolute atomic E-state index is 4.35. The van der Waals surface area contributed by atoms with Gasteiger partial charge in [-0.25, -0.2) is 0 Å². The Morgan fingerprint density at radius 3 is 1.19 bits per heavy atom. The van der Waals surface area contributed by atoms with Crippen LogP contribution in [0.25, 0.3) is 0 Å². The average molecular weight is 451 g/mol. The van der Waals surface area contributed by atoms with Gasteiger partial charge in [-0.05, 0) is 0 Å². The zero-order chi connectivity index (χ0) is 21.2. The van der Waals surface area contributed by atoms with Gasteiger partial charge in [0.2, 0.25) is 0 Å². The van der Waals surface area contributed by atoms with Crippen LogP contribution in [-0.4, -0.2) is 24.2 Å². The molecule has 0 aliphatic heterocycles. The molecular weight excluding hydrogens is 399 g/mol. The van der Waals surface area contributed by atoms with Gasteiger partial charge in [-0.2, -0.15) is 0 Å². The van der Waals surface area contributed by atoms with Gasteiger partial charge in [-0.3, -0.25) is 0 Å². The number of rotatable bonds is 8. The van der Waals surface area contributed by atoms with Crippen LogP contribution in [0.15, 0.2) is 12.2 Å². The molecule has 4 N–H and O–H groups in total. The van der Waals surface area contributed by atoms with Crippen molar-refractivity contribution in [3.8, 4) is 0 Å². The summed E-state index contributed by atoms with van der Waals surface area (Å²) in [6.07, 6.45) is 32.2. The first-order valence-electron chi connectivity index (χ1n) is 14.1. The Labute approximate surface area is 193 Å². The molecule has 0 saturated heterocycles. The van der Waals surface area contributed by atoms with Crippen molar-refractivity contribution in [3.63, 3.8) is 0 Å². The van der Waals surface area contributed by atoms with Gasteiger partial charge in [-0.1, -0.05) is 0 Å². The molecule has 4 nitrogen and oxygen atoms in total. The number of hydrogen-bond acceptors (Lipinski definition) is 4. The summed E-state index contributed by atoms with van der Waals surface area (Å²) < 4.78 is 0. The molecule has 0 aromatic carbocycles. The average Bonchev–Trinajstić information content (AvgIpc) is 2.78. The van der Waals surface area contributed by atoms with Crippen molar-refractivity contribution in [1.82, 2.24) is 20.3 Å². The summed E-state index contributed by atoms with van der Waals surface area (Å²) in [4.78, 5) is 0. The first-order chi connectivity index (χ1) is 15.3. The van der Waals surface area contributed by atoms with Crippen LogP contribution in [0.1, 0.15) is 128 Å². The zero-order valence-electron chi connectivity index (χ0n) is 20.1. The van der Waals surface area contributed by atoms with Crippen LogP contribution in [0, 0.1) is 0 Å². The number of nitrogens with one attached hydrogen (secondary N) is 4. The van der Waals surface area contributed by atoms with Crippen molar-refractivity contribution in [3.05, 3.63) is 12.2 Å². The second-order valence-corrected chi connectivity index (χ2v) is 13.7. The third-order valence-corrected chi connectivity index (χ3v) is 11.6. The Balaban J connectivity index is 1.53. The molecule has 1 atom stereocenters. The molecule has 31 heavy (non-hydrogen) atoms. The van der Waals surface area contributed by atoms with Crippen molar-refractivity contribution < 1.29 is 0 Å². The van der Waals surface area contributed by atoms with Gasteiger partial charge in [-0.15, -0.1) is 0 Å². The predicted molar refractivity (Wildman–Crippen MR) is 137 cm³/mol. The summed E-state index contributed by atoms with van der Waals surface area (Å²) >= 11 is 0. The van der Waals surface area contributed by atoms with Crippen LogP contribution < -0.4 is 20.3 Å². The van der Waals surface area contributed by atoms with E-state index in [9.17, 15) is 0 Å². The third kappa shape index (κ3) is 8.07. The van der Waals surface area contributed by atoms with Crippen LogP contribution in [0.3, 0.4) is 0 Å². The molecule has 3 fully saturated rings. The third-order valence-electron chi connectivity index (χ3n) is 8.27. The molecule has 4 rings (SSSR count). The summed E-state index contributed by atoms with van der Waals surface area (Å²) in [7, 11) is -2.21. The van der Waals surface area contributed by atoms with E-state index >= 15 is 0 Å². The summed E-state index contributed by atoms with van der Waals surface area (Å²) in [6.45, 7) is 0. The first-order valence-corrected chi connectivity index (χ1v) is 16.1. The molecule has 0 spiro atoms. The standard InChI is InChI=1S/C26H51N4P/c1-2-7-15-23(16-8-3-1)27-31(28-24-17-9-4-10-18-24,29-25-19-11-5-12-20-25)30-26-21-13-6-14-22-26/h1-2,23-31H,3-22H2/b2-1-. The molecule has 3 saturated carbocycles. The molecule has 180 valence electrons. The summed E-state index contributed by atoms with van der Waals surface area (Å²) in [5.41, 5.74) is 0. The zero-order valence-corrected chi connectivity index (χ0v) is 21.1. The molecule has 0 amide bonds. The molecule has 5 heteroatoms. The van der Waals surface area contributed by atoms with Gasteiger partial charge in [0.05, 0.1) is 0 Å². The molecule has 0 radical (unpaired) electrons. The second kappa shape index (κ2) is 13.0. The monoisotopic (exact) mass is 450 g/mol. The van der Waals surface area contributed by atoms with E-state index in [-0.39, 0.29) is 0 Å². The second-order valence-electron chi connectivity index (χ2n) is 11.0. The van der Waals surface area contributed by atoms with Gasteiger partial charge in [0, 0.05) is 0 Å². The molecule has 4 aliphatic carbocycles. The Morgan fingerprint density at radius 1 is 0.387 bits per heavy atom. The normalized spacial score (nSPS) is 29.9. The fraction of sp³-hybridized carbons (Fsp3) is 0.923. The molecular formula is C26H51N4P. The van der Waals surface area contributed by atoms with E-state index in [1.165, 1.54) is 128 Å². The quantitative estimate of drug-likeness (QED) is 0.247. The van der Waals surface area contributed by atoms with Crippen LogP contribution >= 0.6 is 7.87 Å². The molecule has 1 unspecified atom stereocenters. The van der Waals surface area contributed by atoms with E-state index in [1.54, 1.807) is 0 Å².